The zero-order valence-corrected chi connectivity index (χ0v) is 6.89. The molecule has 0 aromatic heterocycles. The van der Waals surface area contributed by atoms with E-state index >= 15 is 0 Å². The van der Waals surface area contributed by atoms with Gasteiger partial charge in [-0.3, -0.25) is 0 Å². The largest absolute Gasteiger partial charge is 0.375 e. The fraction of sp³-hybridized carbons (Fsp3) is 0.875. The van der Waals surface area contributed by atoms with Crippen molar-refractivity contribution in [2.45, 2.75) is 39.2 Å². The van der Waals surface area contributed by atoms with Gasteiger partial charge in [0, 0.05) is 0 Å². The van der Waals surface area contributed by atoms with Gasteiger partial charge in [0.25, 0.3) is 0 Å². The van der Waals surface area contributed by atoms with Crippen molar-refractivity contribution in [1.82, 2.24) is 0 Å². The van der Waals surface area contributed by atoms with E-state index in [9.17, 15) is 0 Å². The topological polar surface area (TPSA) is 44.0 Å². The maximum absolute atomic E-state index is 9.03. The van der Waals surface area contributed by atoms with Crippen LogP contribution < -0.4 is 0 Å². The van der Waals surface area contributed by atoms with Gasteiger partial charge in [-0.25, -0.2) is 0 Å². The molecule has 0 saturated heterocycles. The first kappa shape index (κ1) is 9.45. The summed E-state index contributed by atoms with van der Waals surface area (Å²) in [5.41, 5.74) is -0.959. The van der Waals surface area contributed by atoms with Gasteiger partial charge in [0.15, 0.2) is 5.60 Å². The van der Waals surface area contributed by atoms with E-state index in [4.69, 9.17) is 10.4 Å². The third-order valence-corrected chi connectivity index (χ3v) is 1.58. The molecule has 0 atom stereocenters. The van der Waals surface area contributed by atoms with Gasteiger partial charge in [-0.2, -0.15) is 5.26 Å². The van der Waals surface area contributed by atoms with Crippen molar-refractivity contribution in [3.63, 3.8) is 0 Å². The third-order valence-electron chi connectivity index (χ3n) is 1.58. The third kappa shape index (κ3) is 2.00. The minimum Gasteiger partial charge on any atom is -0.375 e. The Morgan fingerprint density at radius 2 is 1.90 bits per heavy atom. The molecule has 2 heteroatoms. The summed E-state index contributed by atoms with van der Waals surface area (Å²) in [5, 5.41) is 17.3. The molecule has 0 unspecified atom stereocenters. The number of aliphatic hydroxyl groups is 1. The van der Waals surface area contributed by atoms with Crippen molar-refractivity contribution >= 4 is 0 Å². The number of hydrogen-bond donors (Lipinski definition) is 1. The molecular weight excluding hydrogens is 126 g/mol. The molecule has 0 heterocycles. The van der Waals surface area contributed by atoms with Crippen molar-refractivity contribution in [1.29, 1.82) is 5.26 Å². The van der Waals surface area contributed by atoms with E-state index in [1.807, 2.05) is 26.8 Å². The van der Waals surface area contributed by atoms with Crippen molar-refractivity contribution < 1.29 is 5.11 Å². The van der Waals surface area contributed by atoms with Crippen LogP contribution in [0.4, 0.5) is 0 Å². The summed E-state index contributed by atoms with van der Waals surface area (Å²) in [4.78, 5) is 0. The van der Waals surface area contributed by atoms with E-state index in [2.05, 4.69) is 0 Å². The Morgan fingerprint density at radius 3 is 2.00 bits per heavy atom. The quantitative estimate of drug-likeness (QED) is 0.522. The molecule has 0 aromatic rings. The van der Waals surface area contributed by atoms with E-state index in [0.717, 1.165) is 0 Å². The summed E-state index contributed by atoms with van der Waals surface area (Å²) in [5.74, 6) is 0.541. The monoisotopic (exact) mass is 141 g/mol. The molecule has 1 fully saturated rings. The summed E-state index contributed by atoms with van der Waals surface area (Å²) >= 11 is 0. The summed E-state index contributed by atoms with van der Waals surface area (Å²) in [6, 6.07) is 1.86. The Balaban J connectivity index is 0.000000371. The predicted octanol–water partition coefficient (Wildman–Crippen LogP) is 1.70. The Bertz CT molecular complexity index is 131. The Labute approximate surface area is 62.5 Å². The normalized spacial score (nSPS) is 36.5. The lowest BCUT2D eigenvalue weighted by molar-refractivity contribution is -0.0167. The fourth-order valence-corrected chi connectivity index (χ4v) is 1.18. The van der Waals surface area contributed by atoms with Crippen LogP contribution in [0.1, 0.15) is 33.6 Å². The second-order valence-corrected chi connectivity index (χ2v) is 2.66. The standard InChI is InChI=1S/C6H9NO.C2H6/c1-5-2-6(8,3-5)4-7;1-2/h5,8H,2-3H2,1H3;1-2H3. The first-order valence-electron chi connectivity index (χ1n) is 3.80. The predicted molar refractivity (Wildman–Crippen MR) is 40.3 cm³/mol. The number of rotatable bonds is 0. The van der Waals surface area contributed by atoms with E-state index < -0.39 is 5.60 Å². The smallest absolute Gasteiger partial charge is 0.151 e. The molecule has 0 amide bonds. The second-order valence-electron chi connectivity index (χ2n) is 2.66. The average molecular weight is 141 g/mol. The molecule has 0 spiro atoms. The van der Waals surface area contributed by atoms with Crippen molar-refractivity contribution in [2.24, 2.45) is 5.92 Å². The van der Waals surface area contributed by atoms with Gasteiger partial charge in [0.1, 0.15) is 0 Å². The van der Waals surface area contributed by atoms with Crippen molar-refractivity contribution in [3.8, 4) is 6.07 Å². The van der Waals surface area contributed by atoms with Gasteiger partial charge < -0.3 is 5.11 Å². The molecule has 1 aliphatic carbocycles. The average Bonchev–Trinajstić information content (AvgIpc) is 1.90. The van der Waals surface area contributed by atoms with E-state index in [0.29, 0.717) is 18.8 Å². The van der Waals surface area contributed by atoms with Crippen LogP contribution in [-0.2, 0) is 0 Å². The van der Waals surface area contributed by atoms with E-state index in [1.165, 1.54) is 0 Å². The lowest BCUT2D eigenvalue weighted by Crippen LogP contribution is -2.40. The number of hydrogen-bond acceptors (Lipinski definition) is 2. The molecular formula is C8H15NO. The molecule has 1 rings (SSSR count). The number of nitriles is 1. The first-order valence-corrected chi connectivity index (χ1v) is 3.80. The highest BCUT2D eigenvalue weighted by Gasteiger charge is 2.40. The molecule has 2 nitrogen and oxygen atoms in total. The van der Waals surface area contributed by atoms with Crippen LogP contribution in [0.5, 0.6) is 0 Å². The summed E-state index contributed by atoms with van der Waals surface area (Å²) in [7, 11) is 0. The summed E-state index contributed by atoms with van der Waals surface area (Å²) < 4.78 is 0. The van der Waals surface area contributed by atoms with Crippen LogP contribution in [0.15, 0.2) is 0 Å². The number of nitrogens with zero attached hydrogens (tertiary/aromatic N) is 1. The highest BCUT2D eigenvalue weighted by molar-refractivity contribution is 5.08. The molecule has 1 N–H and O–H groups in total. The highest BCUT2D eigenvalue weighted by Crippen LogP contribution is 2.36. The van der Waals surface area contributed by atoms with Crippen molar-refractivity contribution in [3.05, 3.63) is 0 Å². The minimum absolute atomic E-state index is 0.541. The molecule has 0 aliphatic heterocycles. The van der Waals surface area contributed by atoms with Crippen LogP contribution in [-0.4, -0.2) is 10.7 Å². The second kappa shape index (κ2) is 3.58. The molecule has 0 aromatic carbocycles. The van der Waals surface area contributed by atoms with Crippen LogP contribution in [0.2, 0.25) is 0 Å². The molecule has 0 bridgehead atoms. The van der Waals surface area contributed by atoms with Gasteiger partial charge in [0.2, 0.25) is 0 Å². The molecule has 0 radical (unpaired) electrons. The van der Waals surface area contributed by atoms with Gasteiger partial charge in [-0.1, -0.05) is 20.8 Å². The molecule has 1 saturated carbocycles. The Kier molecular flexibility index (Phi) is 3.38. The zero-order chi connectivity index (χ0) is 8.20. The fourth-order valence-electron chi connectivity index (χ4n) is 1.18. The van der Waals surface area contributed by atoms with Crippen LogP contribution >= 0.6 is 0 Å². The first-order chi connectivity index (χ1) is 4.66. The molecule has 58 valence electrons. The minimum atomic E-state index is -0.959. The van der Waals surface area contributed by atoms with E-state index in [1.54, 1.807) is 0 Å². The van der Waals surface area contributed by atoms with Gasteiger partial charge >= 0.3 is 0 Å². The van der Waals surface area contributed by atoms with Crippen molar-refractivity contribution in [2.75, 3.05) is 0 Å². The van der Waals surface area contributed by atoms with Gasteiger partial charge in [0.05, 0.1) is 6.07 Å². The summed E-state index contributed by atoms with van der Waals surface area (Å²) in [6.07, 6.45) is 1.31. The SMILES string of the molecule is CC.CC1CC(O)(C#N)C1. The Hall–Kier alpha value is -0.550. The summed E-state index contributed by atoms with van der Waals surface area (Å²) in [6.45, 7) is 6.03. The lowest BCUT2D eigenvalue weighted by Gasteiger charge is -2.35. The lowest BCUT2D eigenvalue weighted by atomic mass is 9.73. The Morgan fingerprint density at radius 1 is 1.50 bits per heavy atom. The highest BCUT2D eigenvalue weighted by atomic mass is 16.3. The maximum Gasteiger partial charge on any atom is 0.151 e. The van der Waals surface area contributed by atoms with Crippen LogP contribution in [0, 0.1) is 17.2 Å². The maximum atomic E-state index is 9.03. The molecule has 10 heavy (non-hydrogen) atoms. The zero-order valence-electron chi connectivity index (χ0n) is 6.89. The van der Waals surface area contributed by atoms with Gasteiger partial charge in [-0.05, 0) is 18.8 Å². The van der Waals surface area contributed by atoms with Crippen LogP contribution in [0.3, 0.4) is 0 Å². The van der Waals surface area contributed by atoms with Gasteiger partial charge in [-0.15, -0.1) is 0 Å². The molecule has 1 aliphatic rings. The van der Waals surface area contributed by atoms with E-state index in [-0.39, 0.29) is 0 Å². The van der Waals surface area contributed by atoms with Crippen LogP contribution in [0.25, 0.3) is 0 Å².